The van der Waals surface area contributed by atoms with E-state index in [1.165, 1.54) is 18.4 Å². The Kier molecular flexibility index (Phi) is 4.03. The van der Waals surface area contributed by atoms with E-state index in [4.69, 9.17) is 0 Å². The number of carboxylic acid groups (broad SMARTS) is 1. The molecule has 3 unspecified atom stereocenters. The van der Waals surface area contributed by atoms with E-state index >= 15 is 0 Å². The predicted octanol–water partition coefficient (Wildman–Crippen LogP) is 3.40. The van der Waals surface area contributed by atoms with Crippen molar-refractivity contribution in [1.29, 1.82) is 0 Å². The van der Waals surface area contributed by atoms with E-state index in [-0.39, 0.29) is 11.3 Å². The molecule has 1 saturated heterocycles. The fraction of sp³-hybridized carbons (Fsp3) is 0.611. The van der Waals surface area contributed by atoms with Gasteiger partial charge in [0.15, 0.2) is 0 Å². The highest BCUT2D eigenvalue weighted by Gasteiger charge is 2.51. The second-order valence-electron chi connectivity index (χ2n) is 7.11. The van der Waals surface area contributed by atoms with Crippen LogP contribution in [0.5, 0.6) is 0 Å². The Morgan fingerprint density at radius 1 is 1.38 bits per heavy atom. The van der Waals surface area contributed by atoms with Crippen molar-refractivity contribution in [1.82, 2.24) is 4.90 Å². The summed E-state index contributed by atoms with van der Waals surface area (Å²) in [4.78, 5) is 14.1. The van der Waals surface area contributed by atoms with Gasteiger partial charge in [-0.05, 0) is 29.7 Å². The van der Waals surface area contributed by atoms with Crippen LogP contribution < -0.4 is 0 Å². The van der Waals surface area contributed by atoms with Gasteiger partial charge in [0.1, 0.15) is 0 Å². The molecular formula is C18H25NO2. The number of aliphatic carboxylic acids is 1. The van der Waals surface area contributed by atoms with Crippen LogP contribution >= 0.6 is 0 Å². The number of nitrogens with zero attached hydrogens (tertiary/aromatic N) is 1. The molecule has 0 amide bonds. The lowest BCUT2D eigenvalue weighted by molar-refractivity contribution is -0.145. The maximum Gasteiger partial charge on any atom is 0.308 e. The van der Waals surface area contributed by atoms with Crippen LogP contribution in [0, 0.1) is 17.3 Å². The number of benzene rings is 1. The van der Waals surface area contributed by atoms with Gasteiger partial charge in [-0.25, -0.2) is 0 Å². The third kappa shape index (κ3) is 2.98. The molecule has 3 atom stereocenters. The molecule has 3 nitrogen and oxygen atoms in total. The molecule has 1 N–H and O–H groups in total. The van der Waals surface area contributed by atoms with Crippen LogP contribution in [0.2, 0.25) is 0 Å². The summed E-state index contributed by atoms with van der Waals surface area (Å²) in [5.41, 5.74) is 1.29. The van der Waals surface area contributed by atoms with Crippen molar-refractivity contribution in [3.8, 4) is 0 Å². The number of likely N-dealkylation sites (tertiary alicyclic amines) is 1. The highest BCUT2D eigenvalue weighted by Crippen LogP contribution is 2.49. The van der Waals surface area contributed by atoms with Crippen molar-refractivity contribution in [2.45, 2.75) is 39.2 Å². The van der Waals surface area contributed by atoms with Gasteiger partial charge < -0.3 is 5.11 Å². The van der Waals surface area contributed by atoms with Crippen LogP contribution in [-0.4, -0.2) is 29.1 Å². The highest BCUT2D eigenvalue weighted by molar-refractivity contribution is 5.72. The Morgan fingerprint density at radius 2 is 2.14 bits per heavy atom. The quantitative estimate of drug-likeness (QED) is 0.926. The lowest BCUT2D eigenvalue weighted by Crippen LogP contribution is -2.38. The van der Waals surface area contributed by atoms with Crippen LogP contribution in [0.25, 0.3) is 0 Å². The zero-order valence-electron chi connectivity index (χ0n) is 12.8. The van der Waals surface area contributed by atoms with Crippen LogP contribution in [0.15, 0.2) is 30.3 Å². The third-order valence-corrected chi connectivity index (χ3v) is 5.39. The van der Waals surface area contributed by atoms with E-state index in [1.807, 2.05) is 6.07 Å². The molecule has 1 aliphatic carbocycles. The molecule has 3 heteroatoms. The second kappa shape index (κ2) is 5.80. The highest BCUT2D eigenvalue weighted by atomic mass is 16.4. The lowest BCUT2D eigenvalue weighted by atomic mass is 9.65. The first-order chi connectivity index (χ1) is 10.1. The molecule has 1 heterocycles. The topological polar surface area (TPSA) is 40.5 Å². The molecule has 2 fully saturated rings. The van der Waals surface area contributed by atoms with Crippen molar-refractivity contribution < 1.29 is 9.90 Å². The van der Waals surface area contributed by atoms with Gasteiger partial charge in [-0.2, -0.15) is 0 Å². The van der Waals surface area contributed by atoms with Crippen molar-refractivity contribution in [2.75, 3.05) is 13.1 Å². The Labute approximate surface area is 127 Å². The third-order valence-electron chi connectivity index (χ3n) is 5.39. The molecule has 0 aromatic heterocycles. The fourth-order valence-corrected chi connectivity index (χ4v) is 4.53. The van der Waals surface area contributed by atoms with Crippen LogP contribution in [-0.2, 0) is 11.3 Å². The first-order valence-electron chi connectivity index (χ1n) is 8.08. The number of hydrogen-bond acceptors (Lipinski definition) is 2. The normalized spacial score (nSPS) is 33.4. The van der Waals surface area contributed by atoms with E-state index < -0.39 is 5.97 Å². The molecule has 1 saturated carbocycles. The Bertz CT molecular complexity index is 501. The smallest absolute Gasteiger partial charge is 0.308 e. The van der Waals surface area contributed by atoms with Crippen molar-refractivity contribution in [3.63, 3.8) is 0 Å². The molecule has 114 valence electrons. The minimum atomic E-state index is -0.598. The van der Waals surface area contributed by atoms with Gasteiger partial charge in [0.2, 0.25) is 0 Å². The Balaban J connectivity index is 1.76. The molecule has 0 bridgehead atoms. The Morgan fingerprint density at radius 3 is 2.81 bits per heavy atom. The second-order valence-corrected chi connectivity index (χ2v) is 7.11. The fourth-order valence-electron chi connectivity index (χ4n) is 4.53. The summed E-state index contributed by atoms with van der Waals surface area (Å²) in [5, 5.41) is 9.67. The lowest BCUT2D eigenvalue weighted by Gasteiger charge is -2.39. The Hall–Kier alpha value is -1.35. The largest absolute Gasteiger partial charge is 0.481 e. The van der Waals surface area contributed by atoms with E-state index in [1.54, 1.807) is 0 Å². The van der Waals surface area contributed by atoms with Gasteiger partial charge in [0, 0.05) is 19.6 Å². The number of carbonyl (C=O) groups is 1. The van der Waals surface area contributed by atoms with Crippen molar-refractivity contribution in [3.05, 3.63) is 35.9 Å². The van der Waals surface area contributed by atoms with Gasteiger partial charge in [-0.3, -0.25) is 9.69 Å². The van der Waals surface area contributed by atoms with E-state index in [9.17, 15) is 9.90 Å². The van der Waals surface area contributed by atoms with Crippen LogP contribution in [0.1, 0.15) is 38.2 Å². The molecule has 1 aromatic carbocycles. The minimum absolute atomic E-state index is 0.0122. The molecule has 1 aromatic rings. The summed E-state index contributed by atoms with van der Waals surface area (Å²) in [6.45, 7) is 4.81. The monoisotopic (exact) mass is 287 g/mol. The zero-order valence-corrected chi connectivity index (χ0v) is 12.8. The van der Waals surface area contributed by atoms with Crippen LogP contribution in [0.3, 0.4) is 0 Å². The zero-order chi connectivity index (χ0) is 14.9. The first kappa shape index (κ1) is 14.6. The summed E-state index contributed by atoms with van der Waals surface area (Å²) in [7, 11) is 0. The molecule has 1 spiro atoms. The van der Waals surface area contributed by atoms with E-state index in [0.29, 0.717) is 12.5 Å². The first-order valence-corrected chi connectivity index (χ1v) is 8.08. The maximum atomic E-state index is 11.8. The molecule has 2 aliphatic rings. The summed E-state index contributed by atoms with van der Waals surface area (Å²) >= 11 is 0. The van der Waals surface area contributed by atoms with Crippen molar-refractivity contribution >= 4 is 5.97 Å². The average Bonchev–Trinajstić information content (AvgIpc) is 2.77. The SMILES string of the molecule is CC1CCCC2(C1)CN(Cc1ccccc1)CC2C(=O)O. The summed E-state index contributed by atoms with van der Waals surface area (Å²) < 4.78 is 0. The molecule has 21 heavy (non-hydrogen) atoms. The number of rotatable bonds is 3. The van der Waals surface area contributed by atoms with Crippen molar-refractivity contribution in [2.24, 2.45) is 17.3 Å². The van der Waals surface area contributed by atoms with E-state index in [0.717, 1.165) is 25.9 Å². The molecule has 0 radical (unpaired) electrons. The number of carboxylic acids is 1. The summed E-state index contributed by atoms with van der Waals surface area (Å²) in [6, 6.07) is 10.4. The standard InChI is InChI=1S/C18H25NO2/c1-14-6-5-9-18(10-14)13-19(12-16(18)17(20)21)11-15-7-3-2-4-8-15/h2-4,7-8,14,16H,5-6,9-13H2,1H3,(H,20,21). The molecule has 1 aliphatic heterocycles. The summed E-state index contributed by atoms with van der Waals surface area (Å²) in [5.74, 6) is -0.124. The number of hydrogen-bond donors (Lipinski definition) is 1. The van der Waals surface area contributed by atoms with Gasteiger partial charge in [0.25, 0.3) is 0 Å². The minimum Gasteiger partial charge on any atom is -0.481 e. The van der Waals surface area contributed by atoms with Gasteiger partial charge in [-0.15, -0.1) is 0 Å². The summed E-state index contributed by atoms with van der Waals surface area (Å²) in [6.07, 6.45) is 4.60. The average molecular weight is 287 g/mol. The van der Waals surface area contributed by atoms with Gasteiger partial charge >= 0.3 is 5.97 Å². The predicted molar refractivity (Wildman–Crippen MR) is 82.9 cm³/mol. The van der Waals surface area contributed by atoms with E-state index in [2.05, 4.69) is 36.1 Å². The molecule has 3 rings (SSSR count). The van der Waals surface area contributed by atoms with Crippen LogP contribution in [0.4, 0.5) is 0 Å². The van der Waals surface area contributed by atoms with Gasteiger partial charge in [0.05, 0.1) is 5.92 Å². The molecular weight excluding hydrogens is 262 g/mol. The maximum absolute atomic E-state index is 11.8. The van der Waals surface area contributed by atoms with Gasteiger partial charge in [-0.1, -0.05) is 50.1 Å².